The predicted octanol–water partition coefficient (Wildman–Crippen LogP) is 1.71. The average molecular weight is 269 g/mol. The minimum atomic E-state index is 0.000178. The molecule has 0 bridgehead atoms. The molecule has 1 saturated heterocycles. The Balaban J connectivity index is 2.26. The third kappa shape index (κ3) is 5.91. The van der Waals surface area contributed by atoms with Crippen LogP contribution < -0.4 is 5.32 Å². The first-order valence-electron chi connectivity index (χ1n) is 7.81. The highest BCUT2D eigenvalue weighted by atomic mass is 16.2. The van der Waals surface area contributed by atoms with Gasteiger partial charge in [0.15, 0.2) is 0 Å². The Morgan fingerprint density at radius 1 is 1.11 bits per heavy atom. The Labute approximate surface area is 118 Å². The van der Waals surface area contributed by atoms with E-state index in [1.165, 1.54) is 25.8 Å². The van der Waals surface area contributed by atoms with Crippen molar-refractivity contribution in [3.05, 3.63) is 0 Å². The molecule has 0 aromatic heterocycles. The van der Waals surface area contributed by atoms with Crippen LogP contribution in [0.25, 0.3) is 0 Å². The van der Waals surface area contributed by atoms with Crippen molar-refractivity contribution in [1.82, 2.24) is 15.1 Å². The maximum atomic E-state index is 12.0. The molecule has 0 aromatic rings. The zero-order valence-corrected chi connectivity index (χ0v) is 13.1. The molecule has 1 unspecified atom stereocenters. The van der Waals surface area contributed by atoms with Crippen molar-refractivity contribution in [1.29, 1.82) is 0 Å². The van der Waals surface area contributed by atoms with Gasteiger partial charge < -0.3 is 10.2 Å². The van der Waals surface area contributed by atoms with E-state index in [1.807, 2.05) is 20.8 Å². The normalized spacial score (nSPS) is 19.6. The van der Waals surface area contributed by atoms with Crippen molar-refractivity contribution in [2.24, 2.45) is 0 Å². The lowest BCUT2D eigenvalue weighted by Crippen LogP contribution is -2.54. The van der Waals surface area contributed by atoms with E-state index in [9.17, 15) is 4.79 Å². The highest BCUT2D eigenvalue weighted by Crippen LogP contribution is 2.08. The Hall–Kier alpha value is -0.610. The fourth-order valence-corrected chi connectivity index (χ4v) is 2.53. The van der Waals surface area contributed by atoms with Crippen LogP contribution in [0.5, 0.6) is 0 Å². The fraction of sp³-hybridized carbons (Fsp3) is 0.933. The highest BCUT2D eigenvalue weighted by Gasteiger charge is 2.25. The van der Waals surface area contributed by atoms with E-state index in [0.29, 0.717) is 0 Å². The number of unbranched alkanes of at least 4 members (excludes halogenated alkanes) is 2. The summed E-state index contributed by atoms with van der Waals surface area (Å²) < 4.78 is 0. The highest BCUT2D eigenvalue weighted by molar-refractivity contribution is 5.81. The van der Waals surface area contributed by atoms with Crippen molar-refractivity contribution >= 4 is 5.91 Å². The van der Waals surface area contributed by atoms with Crippen molar-refractivity contribution in [3.8, 4) is 0 Å². The van der Waals surface area contributed by atoms with Crippen LogP contribution >= 0.6 is 0 Å². The molecule has 1 aliphatic heterocycles. The summed E-state index contributed by atoms with van der Waals surface area (Å²) in [5, 5.41) is 3.00. The molecule has 112 valence electrons. The monoisotopic (exact) mass is 269 g/mol. The summed E-state index contributed by atoms with van der Waals surface area (Å²) >= 11 is 0. The minimum Gasteiger partial charge on any atom is -0.353 e. The van der Waals surface area contributed by atoms with E-state index in [2.05, 4.69) is 22.0 Å². The van der Waals surface area contributed by atoms with Crippen molar-refractivity contribution < 1.29 is 4.79 Å². The third-order valence-electron chi connectivity index (χ3n) is 3.84. The average Bonchev–Trinajstić information content (AvgIpc) is 2.38. The van der Waals surface area contributed by atoms with Gasteiger partial charge in [-0.2, -0.15) is 0 Å². The summed E-state index contributed by atoms with van der Waals surface area (Å²) in [7, 11) is 0. The van der Waals surface area contributed by atoms with Gasteiger partial charge in [0, 0.05) is 32.2 Å². The number of piperazine rings is 1. The number of nitrogens with zero attached hydrogens (tertiary/aromatic N) is 2. The summed E-state index contributed by atoms with van der Waals surface area (Å²) in [4.78, 5) is 16.8. The molecule has 0 aliphatic carbocycles. The van der Waals surface area contributed by atoms with Crippen LogP contribution in [0.2, 0.25) is 0 Å². The molecule has 1 aliphatic rings. The smallest absolute Gasteiger partial charge is 0.237 e. The fourth-order valence-electron chi connectivity index (χ4n) is 2.53. The molecular formula is C15H31N3O. The molecule has 1 amide bonds. The quantitative estimate of drug-likeness (QED) is 0.715. The predicted molar refractivity (Wildman–Crippen MR) is 80.3 cm³/mol. The maximum Gasteiger partial charge on any atom is 0.237 e. The summed E-state index contributed by atoms with van der Waals surface area (Å²) in [6, 6.07) is 0.227. The topological polar surface area (TPSA) is 35.6 Å². The van der Waals surface area contributed by atoms with Crippen LogP contribution in [-0.4, -0.2) is 60.5 Å². The number of rotatable bonds is 7. The second-order valence-corrected chi connectivity index (χ2v) is 5.92. The van der Waals surface area contributed by atoms with Gasteiger partial charge in [0.2, 0.25) is 5.91 Å². The van der Waals surface area contributed by atoms with Gasteiger partial charge in [0.25, 0.3) is 0 Å². The van der Waals surface area contributed by atoms with Crippen LogP contribution in [0.4, 0.5) is 0 Å². The first kappa shape index (κ1) is 16.4. The van der Waals surface area contributed by atoms with Crippen molar-refractivity contribution in [2.75, 3.05) is 32.7 Å². The summed E-state index contributed by atoms with van der Waals surface area (Å²) in [6.45, 7) is 13.7. The number of nitrogens with one attached hydrogen (secondary N) is 1. The number of amides is 1. The van der Waals surface area contributed by atoms with Crippen LogP contribution in [-0.2, 0) is 4.79 Å². The Bertz CT molecular complexity index is 260. The lowest BCUT2D eigenvalue weighted by atomic mass is 10.2. The Kier molecular flexibility index (Phi) is 7.39. The first-order valence-corrected chi connectivity index (χ1v) is 7.81. The number of carbonyl (C=O) groups is 1. The number of carbonyl (C=O) groups excluding carboxylic acids is 1. The van der Waals surface area contributed by atoms with Gasteiger partial charge >= 0.3 is 0 Å². The van der Waals surface area contributed by atoms with Crippen LogP contribution in [0.3, 0.4) is 0 Å². The van der Waals surface area contributed by atoms with Crippen LogP contribution in [0.15, 0.2) is 0 Å². The molecule has 0 aromatic carbocycles. The van der Waals surface area contributed by atoms with Gasteiger partial charge in [-0.3, -0.25) is 9.69 Å². The van der Waals surface area contributed by atoms with Gasteiger partial charge in [-0.25, -0.2) is 0 Å². The lowest BCUT2D eigenvalue weighted by molar-refractivity contribution is -0.127. The first-order chi connectivity index (χ1) is 9.04. The molecule has 19 heavy (non-hydrogen) atoms. The molecule has 1 heterocycles. The van der Waals surface area contributed by atoms with E-state index >= 15 is 0 Å². The molecule has 0 saturated carbocycles. The molecular weight excluding hydrogens is 238 g/mol. The molecule has 1 N–H and O–H groups in total. The van der Waals surface area contributed by atoms with Crippen LogP contribution in [0, 0.1) is 0 Å². The number of hydrogen-bond acceptors (Lipinski definition) is 3. The summed E-state index contributed by atoms with van der Waals surface area (Å²) in [5.41, 5.74) is 0. The Morgan fingerprint density at radius 2 is 1.74 bits per heavy atom. The van der Waals surface area contributed by atoms with E-state index in [1.54, 1.807) is 0 Å². The lowest BCUT2D eigenvalue weighted by Gasteiger charge is -2.37. The van der Waals surface area contributed by atoms with Gasteiger partial charge in [-0.15, -0.1) is 0 Å². The summed E-state index contributed by atoms with van der Waals surface area (Å²) in [6.07, 6.45) is 3.92. The molecule has 1 fully saturated rings. The van der Waals surface area contributed by atoms with Crippen molar-refractivity contribution in [2.45, 2.75) is 59.0 Å². The second-order valence-electron chi connectivity index (χ2n) is 5.92. The van der Waals surface area contributed by atoms with Gasteiger partial charge in [-0.05, 0) is 33.7 Å². The zero-order valence-electron chi connectivity index (χ0n) is 13.1. The minimum absolute atomic E-state index is 0.000178. The van der Waals surface area contributed by atoms with Gasteiger partial charge in [-0.1, -0.05) is 19.8 Å². The summed E-state index contributed by atoms with van der Waals surface area (Å²) in [5.74, 6) is 0.162. The zero-order chi connectivity index (χ0) is 14.3. The van der Waals surface area contributed by atoms with E-state index in [0.717, 1.165) is 26.2 Å². The molecule has 0 spiro atoms. The van der Waals surface area contributed by atoms with Crippen LogP contribution in [0.1, 0.15) is 47.0 Å². The van der Waals surface area contributed by atoms with E-state index in [4.69, 9.17) is 0 Å². The largest absolute Gasteiger partial charge is 0.353 e. The van der Waals surface area contributed by atoms with Crippen molar-refractivity contribution in [3.63, 3.8) is 0 Å². The molecule has 1 atom stereocenters. The second kappa shape index (κ2) is 8.54. The molecule has 1 rings (SSSR count). The number of hydrogen-bond donors (Lipinski definition) is 1. The van der Waals surface area contributed by atoms with Gasteiger partial charge in [0.1, 0.15) is 0 Å². The SMILES string of the molecule is CCCCCN1CCN(C(C)C(=O)NC(C)C)CC1. The molecule has 4 heteroatoms. The van der Waals surface area contributed by atoms with E-state index < -0.39 is 0 Å². The standard InChI is InChI=1S/C15H31N3O/c1-5-6-7-8-17-9-11-18(12-10-17)14(4)15(19)16-13(2)3/h13-14H,5-12H2,1-4H3,(H,16,19). The van der Waals surface area contributed by atoms with E-state index in [-0.39, 0.29) is 18.0 Å². The molecule has 4 nitrogen and oxygen atoms in total. The third-order valence-corrected chi connectivity index (χ3v) is 3.84. The maximum absolute atomic E-state index is 12.0. The molecule has 0 radical (unpaired) electrons. The Morgan fingerprint density at radius 3 is 2.26 bits per heavy atom. The van der Waals surface area contributed by atoms with Gasteiger partial charge in [0.05, 0.1) is 6.04 Å².